The molecule has 0 unspecified atom stereocenters. The number of aromatic nitrogens is 6. The van der Waals surface area contributed by atoms with Gasteiger partial charge in [0.25, 0.3) is 0 Å². The maximum atomic E-state index is 5.37. The molecule has 14 rings (SSSR count). The van der Waals surface area contributed by atoms with Crippen molar-refractivity contribution in [3.63, 3.8) is 0 Å². The number of nitrogens with zero attached hydrogens (tertiary/aromatic N) is 6. The number of fused-ring (bicyclic) bond motifs is 6. The van der Waals surface area contributed by atoms with Gasteiger partial charge in [-0.15, -0.1) is 0 Å². The van der Waals surface area contributed by atoms with E-state index in [-0.39, 0.29) is 0 Å². The number of hydrogen-bond acceptors (Lipinski definition) is 6. The van der Waals surface area contributed by atoms with E-state index >= 15 is 0 Å². The first kappa shape index (κ1) is 41.2. The number of benzene rings is 10. The van der Waals surface area contributed by atoms with Gasteiger partial charge in [-0.05, 0) is 103 Å². The summed E-state index contributed by atoms with van der Waals surface area (Å²) in [4.78, 5) is 30.9. The standard InChI is InChI=1S/C66H40N6/c1-7-19-53-45(13-1)33-46-14-2-8-20-54(46)63(53)61-37-59(51-35-49-17-5-11-23-57(49)67-39-51)69-65(71-61)43-29-25-41(26-30-43)42-27-31-44(32-28-42)66-70-60(52-36-50-18-6-12-24-58(50)68-40-52)38-62(72-66)64-55-21-9-3-15-47(55)34-48-16-4-10-22-56(48)64/h1-40H. The van der Waals surface area contributed by atoms with Crippen molar-refractivity contribution in [1.29, 1.82) is 0 Å². The van der Waals surface area contributed by atoms with Crippen molar-refractivity contribution in [1.82, 2.24) is 29.9 Å². The van der Waals surface area contributed by atoms with E-state index in [4.69, 9.17) is 29.9 Å². The summed E-state index contributed by atoms with van der Waals surface area (Å²) >= 11 is 0. The second-order valence-electron chi connectivity index (χ2n) is 18.3. The highest BCUT2D eigenvalue weighted by atomic mass is 14.9. The monoisotopic (exact) mass is 916 g/mol. The zero-order chi connectivity index (χ0) is 47.5. The van der Waals surface area contributed by atoms with Crippen LogP contribution in [0.2, 0.25) is 0 Å². The van der Waals surface area contributed by atoms with E-state index in [9.17, 15) is 0 Å². The summed E-state index contributed by atoms with van der Waals surface area (Å²) in [7, 11) is 0. The van der Waals surface area contributed by atoms with Crippen LogP contribution in [0.4, 0.5) is 0 Å². The molecule has 72 heavy (non-hydrogen) atoms. The molecule has 4 aromatic heterocycles. The fourth-order valence-corrected chi connectivity index (χ4v) is 10.3. The summed E-state index contributed by atoms with van der Waals surface area (Å²) in [6, 6.07) is 80.8. The highest BCUT2D eigenvalue weighted by Crippen LogP contribution is 2.40. The summed E-state index contributed by atoms with van der Waals surface area (Å²) in [5.41, 5.74) is 13.2. The zero-order valence-corrected chi connectivity index (χ0v) is 38.8. The van der Waals surface area contributed by atoms with Gasteiger partial charge in [-0.1, -0.05) is 182 Å². The molecule has 0 bridgehead atoms. The Morgan fingerprint density at radius 3 is 0.903 bits per heavy atom. The van der Waals surface area contributed by atoms with Crippen LogP contribution in [0.1, 0.15) is 0 Å². The van der Waals surface area contributed by atoms with Crippen LogP contribution in [0.3, 0.4) is 0 Å². The Balaban J connectivity index is 0.863. The summed E-state index contributed by atoms with van der Waals surface area (Å²) in [5, 5.41) is 11.3. The SMILES string of the molecule is c1ccc2ncc(-c3cc(-c4c5ccccc5cc5ccccc45)nc(-c4ccc(-c5ccc(-c6nc(-c7cnc8ccccc8c7)cc(-c7c8ccccc8cc8ccccc78)n6)cc5)cc4)n3)cc2c1. The summed E-state index contributed by atoms with van der Waals surface area (Å²) in [6.07, 6.45) is 3.83. The minimum absolute atomic E-state index is 0.642. The Hall–Kier alpha value is -9.78. The van der Waals surface area contributed by atoms with E-state index in [1.165, 1.54) is 0 Å². The van der Waals surface area contributed by atoms with Crippen LogP contribution >= 0.6 is 0 Å². The lowest BCUT2D eigenvalue weighted by atomic mass is 9.94. The third-order valence-corrected chi connectivity index (χ3v) is 13.9. The Labute approximate surface area is 414 Å². The molecular weight excluding hydrogens is 877 g/mol. The average molecular weight is 917 g/mol. The Kier molecular flexibility index (Phi) is 9.74. The number of rotatable bonds is 7. The van der Waals surface area contributed by atoms with Crippen LogP contribution in [-0.2, 0) is 0 Å². The fraction of sp³-hybridized carbons (Fsp3) is 0. The van der Waals surface area contributed by atoms with E-state index in [1.807, 2.05) is 48.8 Å². The number of para-hydroxylation sites is 2. The second kappa shape index (κ2) is 17.0. The first-order valence-corrected chi connectivity index (χ1v) is 24.2. The Morgan fingerprint density at radius 2 is 0.528 bits per heavy atom. The van der Waals surface area contributed by atoms with E-state index in [2.05, 4.69) is 194 Å². The molecule has 0 aliphatic heterocycles. The van der Waals surface area contributed by atoms with Crippen molar-refractivity contribution in [2.24, 2.45) is 0 Å². The smallest absolute Gasteiger partial charge is 0.160 e. The number of hydrogen-bond donors (Lipinski definition) is 0. The third-order valence-electron chi connectivity index (χ3n) is 13.9. The molecule has 0 aliphatic rings. The van der Waals surface area contributed by atoms with Crippen molar-refractivity contribution < 1.29 is 0 Å². The van der Waals surface area contributed by atoms with Crippen molar-refractivity contribution in [2.75, 3.05) is 0 Å². The van der Waals surface area contributed by atoms with Crippen LogP contribution in [0, 0.1) is 0 Å². The molecule has 6 heteroatoms. The highest BCUT2D eigenvalue weighted by Gasteiger charge is 2.19. The molecule has 0 fully saturated rings. The van der Waals surface area contributed by atoms with Crippen molar-refractivity contribution in [2.45, 2.75) is 0 Å². The normalized spacial score (nSPS) is 11.6. The average Bonchev–Trinajstić information content (AvgIpc) is 3.45. The maximum Gasteiger partial charge on any atom is 0.160 e. The predicted molar refractivity (Wildman–Crippen MR) is 296 cm³/mol. The minimum atomic E-state index is 0.642. The molecule has 0 N–H and O–H groups in total. The molecular formula is C66H40N6. The molecule has 0 spiro atoms. The van der Waals surface area contributed by atoms with Gasteiger partial charge >= 0.3 is 0 Å². The molecule has 0 saturated heterocycles. The maximum absolute atomic E-state index is 5.37. The third kappa shape index (κ3) is 7.29. The fourth-order valence-electron chi connectivity index (χ4n) is 10.3. The van der Waals surface area contributed by atoms with E-state index in [0.717, 1.165) is 132 Å². The molecule has 0 amide bonds. The van der Waals surface area contributed by atoms with Gasteiger partial charge < -0.3 is 0 Å². The minimum Gasteiger partial charge on any atom is -0.256 e. The van der Waals surface area contributed by atoms with Crippen LogP contribution in [0.25, 0.3) is 144 Å². The van der Waals surface area contributed by atoms with Crippen molar-refractivity contribution >= 4 is 64.9 Å². The van der Waals surface area contributed by atoms with Gasteiger partial charge in [-0.25, -0.2) is 19.9 Å². The number of pyridine rings is 2. The molecule has 334 valence electrons. The predicted octanol–water partition coefficient (Wildman–Crippen LogP) is 16.6. The summed E-state index contributed by atoms with van der Waals surface area (Å²) in [5.74, 6) is 1.28. The molecule has 0 aliphatic carbocycles. The lowest BCUT2D eigenvalue weighted by Gasteiger charge is -2.15. The first-order valence-electron chi connectivity index (χ1n) is 24.2. The second-order valence-corrected chi connectivity index (χ2v) is 18.3. The topological polar surface area (TPSA) is 77.3 Å². The first-order chi connectivity index (χ1) is 35.6. The van der Waals surface area contributed by atoms with Gasteiger partial charge in [0, 0.05) is 56.5 Å². The van der Waals surface area contributed by atoms with Gasteiger partial charge in [0.15, 0.2) is 11.6 Å². The van der Waals surface area contributed by atoms with E-state index < -0.39 is 0 Å². The van der Waals surface area contributed by atoms with Crippen LogP contribution in [0.5, 0.6) is 0 Å². The quantitative estimate of drug-likeness (QED) is 0.148. The van der Waals surface area contributed by atoms with Crippen LogP contribution < -0.4 is 0 Å². The molecule has 6 nitrogen and oxygen atoms in total. The highest BCUT2D eigenvalue weighted by molar-refractivity contribution is 6.13. The van der Waals surface area contributed by atoms with Crippen LogP contribution in [-0.4, -0.2) is 29.9 Å². The van der Waals surface area contributed by atoms with Crippen LogP contribution in [0.15, 0.2) is 243 Å². The molecule has 0 saturated carbocycles. The van der Waals surface area contributed by atoms with Gasteiger partial charge in [0.2, 0.25) is 0 Å². The van der Waals surface area contributed by atoms with Gasteiger partial charge in [0.1, 0.15) is 0 Å². The molecule has 14 aromatic rings. The Morgan fingerprint density at radius 1 is 0.222 bits per heavy atom. The van der Waals surface area contributed by atoms with Crippen molar-refractivity contribution in [3.05, 3.63) is 243 Å². The molecule has 4 heterocycles. The zero-order valence-electron chi connectivity index (χ0n) is 38.8. The molecule has 0 radical (unpaired) electrons. The lowest BCUT2D eigenvalue weighted by Crippen LogP contribution is -1.98. The molecule has 10 aromatic carbocycles. The Bertz CT molecular complexity index is 4060. The van der Waals surface area contributed by atoms with E-state index in [1.54, 1.807) is 0 Å². The van der Waals surface area contributed by atoms with Gasteiger partial charge in [-0.2, -0.15) is 0 Å². The van der Waals surface area contributed by atoms with Gasteiger partial charge in [-0.3, -0.25) is 9.97 Å². The molecule has 0 atom stereocenters. The largest absolute Gasteiger partial charge is 0.256 e. The van der Waals surface area contributed by atoms with Crippen molar-refractivity contribution in [3.8, 4) is 78.9 Å². The lowest BCUT2D eigenvalue weighted by molar-refractivity contribution is 1.18. The summed E-state index contributed by atoms with van der Waals surface area (Å²) < 4.78 is 0. The summed E-state index contributed by atoms with van der Waals surface area (Å²) in [6.45, 7) is 0. The van der Waals surface area contributed by atoms with Gasteiger partial charge in [0.05, 0.1) is 33.8 Å². The van der Waals surface area contributed by atoms with E-state index in [0.29, 0.717) is 11.6 Å².